The van der Waals surface area contributed by atoms with Crippen LogP contribution in [-0.4, -0.2) is 71.2 Å². The van der Waals surface area contributed by atoms with Crippen molar-refractivity contribution in [1.82, 2.24) is 20.0 Å². The molecule has 35 heavy (non-hydrogen) atoms. The number of nitrogens with zero attached hydrogens (tertiary/aromatic N) is 4. The first-order chi connectivity index (χ1) is 16.8. The molecule has 1 aliphatic carbocycles. The Morgan fingerprint density at radius 1 is 1.31 bits per heavy atom. The van der Waals surface area contributed by atoms with Crippen LogP contribution >= 0.6 is 0 Å². The number of rotatable bonds is 7. The van der Waals surface area contributed by atoms with E-state index in [4.69, 9.17) is 10.00 Å². The van der Waals surface area contributed by atoms with Crippen LogP contribution in [0.5, 0.6) is 0 Å². The lowest BCUT2D eigenvalue weighted by atomic mass is 10.0. The molecule has 0 unspecified atom stereocenters. The van der Waals surface area contributed by atoms with Crippen molar-refractivity contribution in [2.75, 3.05) is 26.3 Å². The van der Waals surface area contributed by atoms with Crippen LogP contribution in [0.3, 0.4) is 0 Å². The van der Waals surface area contributed by atoms with Gasteiger partial charge in [0.1, 0.15) is 5.69 Å². The van der Waals surface area contributed by atoms with E-state index in [-0.39, 0.29) is 37.2 Å². The predicted octanol–water partition coefficient (Wildman–Crippen LogP) is 0.956. The monoisotopic (exact) mass is 497 g/mol. The summed E-state index contributed by atoms with van der Waals surface area (Å²) in [6.07, 6.45) is 2.04. The predicted molar refractivity (Wildman–Crippen MR) is 125 cm³/mol. The fourth-order valence-corrected chi connectivity index (χ4v) is 7.39. The van der Waals surface area contributed by atoms with Crippen molar-refractivity contribution in [2.24, 2.45) is 7.05 Å². The van der Waals surface area contributed by atoms with Gasteiger partial charge in [-0.1, -0.05) is 12.1 Å². The lowest BCUT2D eigenvalue weighted by Crippen LogP contribution is -2.48. The maximum atomic E-state index is 13.4. The number of benzene rings is 1. The summed E-state index contributed by atoms with van der Waals surface area (Å²) in [5.74, 6) is -0.675. The van der Waals surface area contributed by atoms with Gasteiger partial charge in [0.15, 0.2) is 15.5 Å². The van der Waals surface area contributed by atoms with Gasteiger partial charge < -0.3 is 15.0 Å². The molecule has 184 valence electrons. The molecule has 0 radical (unpaired) electrons. The number of sulfone groups is 1. The van der Waals surface area contributed by atoms with Gasteiger partial charge in [-0.05, 0) is 43.4 Å². The molecular formula is C24H27N5O5S. The summed E-state index contributed by atoms with van der Waals surface area (Å²) >= 11 is 0. The van der Waals surface area contributed by atoms with E-state index in [1.54, 1.807) is 36.2 Å². The average Bonchev–Trinajstić information content (AvgIpc) is 3.27. The van der Waals surface area contributed by atoms with Crippen molar-refractivity contribution < 1.29 is 22.7 Å². The second-order valence-corrected chi connectivity index (χ2v) is 12.1. The number of aryl methyl sites for hydroxylation is 1. The Morgan fingerprint density at radius 3 is 2.69 bits per heavy atom. The molecule has 2 amide bonds. The molecule has 11 heteroatoms. The van der Waals surface area contributed by atoms with Crippen LogP contribution < -0.4 is 5.32 Å². The van der Waals surface area contributed by atoms with Crippen molar-refractivity contribution in [1.29, 1.82) is 5.26 Å². The van der Waals surface area contributed by atoms with E-state index in [0.29, 0.717) is 55.7 Å². The normalized spacial score (nSPS) is 20.9. The molecule has 0 spiro atoms. The number of ether oxygens (including phenoxy) is 1. The first-order valence-corrected chi connectivity index (χ1v) is 13.2. The second-order valence-electron chi connectivity index (χ2n) is 9.48. The van der Waals surface area contributed by atoms with Gasteiger partial charge in [0, 0.05) is 38.9 Å². The summed E-state index contributed by atoms with van der Waals surface area (Å²) in [6.45, 7) is 1.45. The van der Waals surface area contributed by atoms with E-state index >= 15 is 0 Å². The number of carbonyl (C=O) groups is 2. The number of nitrogens with one attached hydrogen (secondary N) is 1. The van der Waals surface area contributed by atoms with Gasteiger partial charge >= 0.3 is 0 Å². The third kappa shape index (κ3) is 4.10. The van der Waals surface area contributed by atoms with E-state index in [0.717, 1.165) is 5.56 Å². The van der Waals surface area contributed by atoms with Crippen molar-refractivity contribution in [3.63, 3.8) is 0 Å². The van der Waals surface area contributed by atoms with Gasteiger partial charge in [0.05, 0.1) is 28.2 Å². The minimum atomic E-state index is -3.41. The highest BCUT2D eigenvalue weighted by Gasteiger charge is 2.59. The van der Waals surface area contributed by atoms with Crippen LogP contribution in [0.15, 0.2) is 24.3 Å². The third-order valence-electron chi connectivity index (χ3n) is 7.23. The molecule has 3 heterocycles. The fourth-order valence-electron chi connectivity index (χ4n) is 5.00. The molecule has 1 aromatic heterocycles. The summed E-state index contributed by atoms with van der Waals surface area (Å²) in [5.41, 5.74) is 2.51. The van der Waals surface area contributed by atoms with E-state index < -0.39 is 19.8 Å². The van der Waals surface area contributed by atoms with Gasteiger partial charge in [0.25, 0.3) is 11.8 Å². The highest BCUT2D eigenvalue weighted by Crippen LogP contribution is 2.47. The van der Waals surface area contributed by atoms with Crippen molar-refractivity contribution in [2.45, 2.75) is 42.2 Å². The van der Waals surface area contributed by atoms with Crippen LogP contribution in [0.4, 0.5) is 0 Å². The molecular weight excluding hydrogens is 470 g/mol. The lowest BCUT2D eigenvalue weighted by Gasteiger charge is -2.31. The van der Waals surface area contributed by atoms with E-state index in [1.165, 1.54) is 4.68 Å². The third-order valence-corrected chi connectivity index (χ3v) is 10.2. The van der Waals surface area contributed by atoms with E-state index in [9.17, 15) is 18.0 Å². The Balaban J connectivity index is 1.29. The van der Waals surface area contributed by atoms with Gasteiger partial charge in [-0.25, -0.2) is 8.42 Å². The molecule has 2 aliphatic heterocycles. The summed E-state index contributed by atoms with van der Waals surface area (Å²) in [7, 11) is -1.78. The second kappa shape index (κ2) is 8.77. The molecule has 1 aromatic carbocycles. The zero-order valence-corrected chi connectivity index (χ0v) is 20.3. The number of amides is 2. The quantitative estimate of drug-likeness (QED) is 0.602. The molecule has 5 rings (SSSR count). The standard InChI is InChI=1S/C24H27N5O5S/c1-28-21-19(20(27-28)22(30)26-13-17-4-2-16(12-25)3-5-17)6-10-29(23(21)31)15-24(8-9-24)35(32,33)18-7-11-34-14-18/h2-5,18H,6-11,13-15H2,1H3,(H,26,30)/t18-/m1/s1. The molecule has 2 fully saturated rings. The number of hydrogen-bond donors (Lipinski definition) is 1. The van der Waals surface area contributed by atoms with Crippen LogP contribution in [-0.2, 0) is 34.6 Å². The van der Waals surface area contributed by atoms with Crippen LogP contribution in [0.25, 0.3) is 0 Å². The van der Waals surface area contributed by atoms with Crippen molar-refractivity contribution >= 4 is 21.7 Å². The topological polar surface area (TPSA) is 134 Å². The Bertz CT molecular complexity index is 1320. The summed E-state index contributed by atoms with van der Waals surface area (Å²) in [5, 5.41) is 15.6. The molecule has 1 atom stereocenters. The van der Waals surface area contributed by atoms with Gasteiger partial charge in [-0.3, -0.25) is 14.3 Å². The molecule has 0 bridgehead atoms. The Hall–Kier alpha value is -3.23. The zero-order chi connectivity index (χ0) is 24.8. The van der Waals surface area contributed by atoms with Gasteiger partial charge in [-0.15, -0.1) is 0 Å². The maximum absolute atomic E-state index is 13.4. The summed E-state index contributed by atoms with van der Waals surface area (Å²) in [4.78, 5) is 27.8. The molecule has 2 aromatic rings. The van der Waals surface area contributed by atoms with Crippen molar-refractivity contribution in [3.8, 4) is 6.07 Å². The molecule has 1 saturated carbocycles. The summed E-state index contributed by atoms with van der Waals surface area (Å²) in [6, 6.07) is 8.97. The minimum Gasteiger partial charge on any atom is -0.380 e. The minimum absolute atomic E-state index is 0.162. The Labute approximate surface area is 203 Å². The number of nitriles is 1. The van der Waals surface area contributed by atoms with Crippen LogP contribution in [0.1, 0.15) is 56.9 Å². The molecule has 3 aliphatic rings. The summed E-state index contributed by atoms with van der Waals surface area (Å²) < 4.78 is 32.3. The highest BCUT2D eigenvalue weighted by atomic mass is 32.2. The van der Waals surface area contributed by atoms with Crippen LogP contribution in [0.2, 0.25) is 0 Å². The number of aromatic nitrogens is 2. The van der Waals surface area contributed by atoms with E-state index in [2.05, 4.69) is 16.5 Å². The van der Waals surface area contributed by atoms with Crippen LogP contribution in [0, 0.1) is 11.3 Å². The number of fused-ring (bicyclic) bond motifs is 1. The van der Waals surface area contributed by atoms with Gasteiger partial charge in [0.2, 0.25) is 0 Å². The molecule has 10 nitrogen and oxygen atoms in total. The smallest absolute Gasteiger partial charge is 0.272 e. The fraction of sp³-hybridized carbons (Fsp3) is 0.500. The van der Waals surface area contributed by atoms with Crippen molar-refractivity contribution in [3.05, 3.63) is 52.3 Å². The first kappa shape index (κ1) is 23.5. The first-order valence-electron chi connectivity index (χ1n) is 11.7. The largest absolute Gasteiger partial charge is 0.380 e. The molecule has 1 saturated heterocycles. The average molecular weight is 498 g/mol. The zero-order valence-electron chi connectivity index (χ0n) is 19.5. The number of hydrogen-bond acceptors (Lipinski definition) is 7. The molecule has 1 N–H and O–H groups in total. The Morgan fingerprint density at radius 2 is 2.06 bits per heavy atom. The van der Waals surface area contributed by atoms with E-state index in [1.807, 2.05) is 0 Å². The lowest BCUT2D eigenvalue weighted by molar-refractivity contribution is 0.0724. The highest BCUT2D eigenvalue weighted by molar-refractivity contribution is 7.93. The number of carbonyl (C=O) groups excluding carboxylic acids is 2. The Kier molecular flexibility index (Phi) is 5.89. The maximum Gasteiger partial charge on any atom is 0.272 e. The van der Waals surface area contributed by atoms with Gasteiger partial charge in [-0.2, -0.15) is 10.4 Å². The SMILES string of the molecule is Cn1nc(C(=O)NCc2ccc(C#N)cc2)c2c1C(=O)N(CC1(S(=O)(=O)[C@@H]3CCOC3)CC1)CC2.